The van der Waals surface area contributed by atoms with Crippen LogP contribution in [0.2, 0.25) is 0 Å². The first-order chi connectivity index (χ1) is 30.5. The van der Waals surface area contributed by atoms with Crippen molar-refractivity contribution in [1.29, 1.82) is 0 Å². The Hall–Kier alpha value is -5.28. The number of benzene rings is 3. The molecule has 7 rings (SSSR count). The predicted octanol–water partition coefficient (Wildman–Crippen LogP) is -2.64. The van der Waals surface area contributed by atoms with Gasteiger partial charge in [-0.05, 0) is 48.0 Å². The maximum Gasteiger partial charge on any atom is 0.330 e. The molecule has 0 radical (unpaired) electrons. The number of phenols is 3. The van der Waals surface area contributed by atoms with Gasteiger partial charge in [-0.2, -0.15) is 0 Å². The van der Waals surface area contributed by atoms with Crippen molar-refractivity contribution < 1.29 is 104 Å². The summed E-state index contributed by atoms with van der Waals surface area (Å²) in [6.45, 7) is -2.28. The first-order valence-corrected chi connectivity index (χ1v) is 19.7. The minimum absolute atomic E-state index is 0.00472. The normalized spacial score (nSPS) is 33.3. The van der Waals surface area contributed by atoms with Gasteiger partial charge in [0.15, 0.2) is 11.7 Å². The Labute approximate surface area is 360 Å². The Kier molecular flexibility index (Phi) is 14.2. The number of aliphatic hydroxyl groups excluding tert-OH is 10. The zero-order chi connectivity index (χ0) is 46.1. The number of esters is 1. The van der Waals surface area contributed by atoms with Gasteiger partial charge in [0.05, 0.1) is 18.8 Å². The lowest BCUT2D eigenvalue weighted by Crippen LogP contribution is -2.63. The van der Waals surface area contributed by atoms with E-state index in [0.717, 1.165) is 18.2 Å². The molecule has 346 valence electrons. The number of aromatic hydroxyl groups is 3. The Morgan fingerprint density at radius 1 is 0.672 bits per heavy atom. The fourth-order valence-corrected chi connectivity index (χ4v) is 7.48. The molecular weight excluding hydrogens is 856 g/mol. The van der Waals surface area contributed by atoms with Crippen LogP contribution in [0.4, 0.5) is 0 Å². The number of aliphatic hydroxyl groups is 10. The lowest BCUT2D eigenvalue weighted by atomic mass is 9.89. The summed E-state index contributed by atoms with van der Waals surface area (Å²) in [5, 5.41) is 136. The molecule has 4 aromatic rings. The number of carbonyl (C=O) groups is 1. The number of phenolic OH excluding ortho intramolecular Hbond substituents is 3. The number of rotatable bonds is 12. The fraction of sp³-hybridized carbons (Fsp3) is 0.429. The van der Waals surface area contributed by atoms with E-state index in [4.69, 9.17) is 32.8 Å². The van der Waals surface area contributed by atoms with Crippen LogP contribution in [0.3, 0.4) is 0 Å². The summed E-state index contributed by atoms with van der Waals surface area (Å²) in [7, 11) is 0. The molecule has 0 saturated carbocycles. The van der Waals surface area contributed by atoms with E-state index in [0.29, 0.717) is 5.56 Å². The highest BCUT2D eigenvalue weighted by molar-refractivity contribution is 5.88. The summed E-state index contributed by atoms with van der Waals surface area (Å²) in [6, 6.07) is 13.4. The van der Waals surface area contributed by atoms with Gasteiger partial charge in [0.1, 0.15) is 126 Å². The lowest BCUT2D eigenvalue weighted by Gasteiger charge is -2.46. The molecule has 3 aromatic carbocycles. The molecule has 0 aliphatic carbocycles. The second kappa shape index (κ2) is 19.4. The van der Waals surface area contributed by atoms with E-state index in [-0.39, 0.29) is 28.4 Å². The van der Waals surface area contributed by atoms with Crippen LogP contribution in [0.5, 0.6) is 23.0 Å². The Morgan fingerprint density at radius 2 is 1.27 bits per heavy atom. The van der Waals surface area contributed by atoms with Crippen molar-refractivity contribution in [1.82, 2.24) is 0 Å². The van der Waals surface area contributed by atoms with Crippen molar-refractivity contribution in [3.05, 3.63) is 88.1 Å². The summed E-state index contributed by atoms with van der Waals surface area (Å²) < 4.78 is 39.3. The zero-order valence-corrected chi connectivity index (χ0v) is 33.2. The summed E-state index contributed by atoms with van der Waals surface area (Å²) in [4.78, 5) is 26.1. The Balaban J connectivity index is 1.12. The molecule has 3 aliphatic heterocycles. The second-order valence-electron chi connectivity index (χ2n) is 15.3. The topological polar surface area (TPSA) is 366 Å². The molecule has 3 aliphatic rings. The highest BCUT2D eigenvalue weighted by Crippen LogP contribution is 2.46. The van der Waals surface area contributed by atoms with Crippen molar-refractivity contribution in [2.75, 3.05) is 19.8 Å². The lowest BCUT2D eigenvalue weighted by molar-refractivity contribution is -0.342. The van der Waals surface area contributed by atoms with Crippen LogP contribution < -0.4 is 10.2 Å². The molecule has 13 N–H and O–H groups in total. The SMILES string of the molecule is O=C(/C=C/c1ccc(O)cc1)OC[C@@H]1O[C@@H](O[C@@H]2[C@@H](O)[C@H](O)[C@H](CO)O[C@@H]2c2c(O)cc3oc(-c4ccc(O[C@H]5O[C@@H](CO)[C@@H](O)[C@H](O)[C@H]5O)cc4)cc(=O)c3c2O)[C@H](O)[C@H](O)[C@H]1O. The van der Waals surface area contributed by atoms with Crippen molar-refractivity contribution >= 4 is 23.0 Å². The zero-order valence-electron chi connectivity index (χ0n) is 33.2. The van der Waals surface area contributed by atoms with Crippen molar-refractivity contribution in [2.45, 2.75) is 91.9 Å². The third-order valence-corrected chi connectivity index (χ3v) is 11.1. The summed E-state index contributed by atoms with van der Waals surface area (Å²) in [5.74, 6) is -2.63. The first-order valence-electron chi connectivity index (χ1n) is 19.7. The van der Waals surface area contributed by atoms with E-state index in [1.165, 1.54) is 54.6 Å². The van der Waals surface area contributed by atoms with E-state index in [1.54, 1.807) is 0 Å². The van der Waals surface area contributed by atoms with Gasteiger partial charge in [-0.3, -0.25) is 4.79 Å². The van der Waals surface area contributed by atoms with E-state index in [1.807, 2.05) is 0 Å². The minimum atomic E-state index is -2.06. The van der Waals surface area contributed by atoms with Gasteiger partial charge in [0.25, 0.3) is 0 Å². The van der Waals surface area contributed by atoms with Crippen LogP contribution >= 0.6 is 0 Å². The van der Waals surface area contributed by atoms with Gasteiger partial charge in [0.2, 0.25) is 6.29 Å². The molecule has 0 bridgehead atoms. The molecule has 0 amide bonds. The number of hydrogen-bond acceptors (Lipinski definition) is 22. The molecule has 22 nitrogen and oxygen atoms in total. The fourth-order valence-electron chi connectivity index (χ4n) is 7.48. The van der Waals surface area contributed by atoms with Crippen molar-refractivity contribution in [3.63, 3.8) is 0 Å². The van der Waals surface area contributed by atoms with Gasteiger partial charge in [-0.1, -0.05) is 12.1 Å². The molecule has 4 heterocycles. The summed E-state index contributed by atoms with van der Waals surface area (Å²) in [6.07, 6.45) is -24.0. The molecule has 3 fully saturated rings. The summed E-state index contributed by atoms with van der Waals surface area (Å²) >= 11 is 0. The number of fused-ring (bicyclic) bond motifs is 1. The van der Waals surface area contributed by atoms with Crippen LogP contribution in [0, 0.1) is 0 Å². The first kappa shape index (κ1) is 46.7. The van der Waals surface area contributed by atoms with Gasteiger partial charge in [-0.25, -0.2) is 4.79 Å². The monoisotopic (exact) mass is 902 g/mol. The molecular formula is C42H46O22. The average molecular weight is 903 g/mol. The standard InChI is InChI=1S/C42H46O22/c43-13-24-31(50)36(55)40(64-42-38(57)35(54)32(51)26(63-42)15-58-27(48)10-3-16-1-6-18(45)7-2-16)39(61-24)29-21(47)12-23-28(33(29)52)20(46)11-22(60-23)17-4-8-19(9-5-17)59-41-37(56)34(53)30(49)25(14-44)62-41/h1-12,24-26,30-32,34-45,47,49-57H,13-15H2/b10-3+/t24-,25-,26-,30+,31+,32-,34-,35+,36-,37+,38+,39+,40+,41-,42-/m0/s1. The van der Waals surface area contributed by atoms with Gasteiger partial charge >= 0.3 is 5.97 Å². The van der Waals surface area contributed by atoms with Gasteiger partial charge < -0.3 is 99.2 Å². The average Bonchev–Trinajstić information content (AvgIpc) is 3.28. The Bertz CT molecular complexity index is 2330. The molecule has 64 heavy (non-hydrogen) atoms. The highest BCUT2D eigenvalue weighted by Gasteiger charge is 2.52. The minimum Gasteiger partial charge on any atom is -0.508 e. The summed E-state index contributed by atoms with van der Waals surface area (Å²) in [5.41, 5.74) is -1.01. The second-order valence-corrected chi connectivity index (χ2v) is 15.3. The van der Waals surface area contributed by atoms with Crippen LogP contribution in [-0.4, -0.2) is 178 Å². The molecule has 0 spiro atoms. The number of hydrogen-bond donors (Lipinski definition) is 13. The Morgan fingerprint density at radius 3 is 1.92 bits per heavy atom. The third kappa shape index (κ3) is 9.42. The molecule has 15 atom stereocenters. The van der Waals surface area contributed by atoms with Crippen molar-refractivity contribution in [2.24, 2.45) is 0 Å². The van der Waals surface area contributed by atoms with Gasteiger partial charge in [0, 0.05) is 23.8 Å². The predicted molar refractivity (Wildman–Crippen MR) is 212 cm³/mol. The van der Waals surface area contributed by atoms with Crippen LogP contribution in [0.1, 0.15) is 17.2 Å². The van der Waals surface area contributed by atoms with E-state index in [9.17, 15) is 76.0 Å². The van der Waals surface area contributed by atoms with Gasteiger partial charge in [-0.15, -0.1) is 0 Å². The maximum atomic E-state index is 13.6. The quantitative estimate of drug-likeness (QED) is 0.0510. The molecule has 3 saturated heterocycles. The van der Waals surface area contributed by atoms with Crippen LogP contribution in [-0.2, 0) is 28.5 Å². The van der Waals surface area contributed by atoms with Crippen LogP contribution in [0.25, 0.3) is 28.4 Å². The van der Waals surface area contributed by atoms with E-state index in [2.05, 4.69) is 0 Å². The van der Waals surface area contributed by atoms with E-state index >= 15 is 0 Å². The molecule has 0 unspecified atom stereocenters. The van der Waals surface area contributed by atoms with Crippen LogP contribution in [0.15, 0.2) is 76.0 Å². The largest absolute Gasteiger partial charge is 0.508 e. The van der Waals surface area contributed by atoms with Crippen molar-refractivity contribution in [3.8, 4) is 34.3 Å². The molecule has 22 heteroatoms. The maximum absolute atomic E-state index is 13.6. The number of ether oxygens (including phenoxy) is 6. The highest BCUT2D eigenvalue weighted by atomic mass is 16.7. The smallest absolute Gasteiger partial charge is 0.330 e. The molecule has 1 aromatic heterocycles. The van der Waals surface area contributed by atoms with E-state index < -0.39 is 146 Å². The number of carbonyl (C=O) groups excluding carboxylic acids is 1. The third-order valence-electron chi connectivity index (χ3n) is 11.1.